The maximum absolute atomic E-state index is 12.4. The molecule has 0 saturated heterocycles. The first-order valence-electron chi connectivity index (χ1n) is 9.25. The van der Waals surface area contributed by atoms with Crippen molar-refractivity contribution in [3.63, 3.8) is 0 Å². The van der Waals surface area contributed by atoms with E-state index in [0.717, 1.165) is 35.2 Å². The predicted molar refractivity (Wildman–Crippen MR) is 106 cm³/mol. The molecule has 3 rings (SSSR count). The molecule has 0 unspecified atom stereocenters. The van der Waals surface area contributed by atoms with Crippen molar-refractivity contribution in [2.75, 3.05) is 0 Å². The SMILES string of the molecule is CCCn1cc(CNC(=O)c2ccc(-c3cccc([C@H](C)O)c3)cc2)cn1. The second-order valence-electron chi connectivity index (χ2n) is 6.67. The average molecular weight is 363 g/mol. The minimum Gasteiger partial charge on any atom is -0.389 e. The van der Waals surface area contributed by atoms with Crippen molar-refractivity contribution in [2.45, 2.75) is 39.5 Å². The Morgan fingerprint density at radius 1 is 1.19 bits per heavy atom. The fraction of sp³-hybridized carbons (Fsp3) is 0.273. The molecule has 0 bridgehead atoms. The van der Waals surface area contributed by atoms with E-state index < -0.39 is 6.10 Å². The molecule has 1 aromatic heterocycles. The third kappa shape index (κ3) is 4.83. The smallest absolute Gasteiger partial charge is 0.251 e. The summed E-state index contributed by atoms with van der Waals surface area (Å²) in [5, 5.41) is 16.9. The average Bonchev–Trinajstić information content (AvgIpc) is 3.14. The van der Waals surface area contributed by atoms with Crippen LogP contribution in [0.3, 0.4) is 0 Å². The minimum atomic E-state index is -0.503. The molecular formula is C22H25N3O2. The summed E-state index contributed by atoms with van der Waals surface area (Å²) in [6, 6.07) is 15.3. The van der Waals surface area contributed by atoms with Gasteiger partial charge in [-0.3, -0.25) is 9.48 Å². The molecule has 0 saturated carbocycles. The van der Waals surface area contributed by atoms with E-state index in [1.807, 2.05) is 59.4 Å². The summed E-state index contributed by atoms with van der Waals surface area (Å²) in [6.45, 7) is 5.19. The molecule has 0 fully saturated rings. The number of amides is 1. The number of carbonyl (C=O) groups excluding carboxylic acids is 1. The van der Waals surface area contributed by atoms with E-state index in [0.29, 0.717) is 12.1 Å². The molecule has 1 heterocycles. The van der Waals surface area contributed by atoms with Crippen molar-refractivity contribution in [3.8, 4) is 11.1 Å². The summed E-state index contributed by atoms with van der Waals surface area (Å²) >= 11 is 0. The Morgan fingerprint density at radius 3 is 2.67 bits per heavy atom. The summed E-state index contributed by atoms with van der Waals surface area (Å²) in [5.41, 5.74) is 4.51. The zero-order valence-corrected chi connectivity index (χ0v) is 15.7. The number of aromatic nitrogens is 2. The Labute approximate surface area is 159 Å². The monoisotopic (exact) mass is 363 g/mol. The molecule has 1 atom stereocenters. The van der Waals surface area contributed by atoms with E-state index in [9.17, 15) is 9.90 Å². The van der Waals surface area contributed by atoms with Crippen molar-refractivity contribution in [1.29, 1.82) is 0 Å². The molecule has 0 aliphatic carbocycles. The van der Waals surface area contributed by atoms with Gasteiger partial charge in [0.05, 0.1) is 12.3 Å². The number of benzene rings is 2. The topological polar surface area (TPSA) is 67.2 Å². The van der Waals surface area contributed by atoms with Gasteiger partial charge >= 0.3 is 0 Å². The quantitative estimate of drug-likeness (QED) is 0.668. The lowest BCUT2D eigenvalue weighted by Crippen LogP contribution is -2.22. The summed E-state index contributed by atoms with van der Waals surface area (Å²) in [7, 11) is 0. The van der Waals surface area contributed by atoms with Crippen LogP contribution < -0.4 is 5.32 Å². The first-order valence-corrected chi connectivity index (χ1v) is 9.25. The molecule has 0 aliphatic rings. The second kappa shape index (κ2) is 8.64. The maximum atomic E-state index is 12.4. The number of nitrogens with one attached hydrogen (secondary N) is 1. The van der Waals surface area contributed by atoms with Crippen molar-refractivity contribution in [1.82, 2.24) is 15.1 Å². The standard InChI is InChI=1S/C22H25N3O2/c1-3-11-25-15-17(14-24-25)13-23-22(27)19-9-7-18(8-10-19)21-6-4-5-20(12-21)16(2)26/h4-10,12,14-16,26H,3,11,13H2,1-2H3,(H,23,27)/t16-/m0/s1. The highest BCUT2D eigenvalue weighted by atomic mass is 16.3. The Hall–Kier alpha value is -2.92. The zero-order chi connectivity index (χ0) is 19.2. The van der Waals surface area contributed by atoms with Crippen LogP contribution >= 0.6 is 0 Å². The number of hydrogen-bond acceptors (Lipinski definition) is 3. The van der Waals surface area contributed by atoms with Gasteiger partial charge in [0, 0.05) is 30.4 Å². The Bertz CT molecular complexity index is 898. The first kappa shape index (κ1) is 18.9. The van der Waals surface area contributed by atoms with Gasteiger partial charge in [0.1, 0.15) is 0 Å². The third-order valence-electron chi connectivity index (χ3n) is 4.44. The number of carbonyl (C=O) groups is 1. The number of rotatable bonds is 7. The molecule has 27 heavy (non-hydrogen) atoms. The van der Waals surface area contributed by atoms with E-state index in [4.69, 9.17) is 0 Å². The van der Waals surface area contributed by atoms with Gasteiger partial charge in [-0.15, -0.1) is 0 Å². The fourth-order valence-corrected chi connectivity index (χ4v) is 2.93. The molecule has 3 aromatic rings. The molecule has 140 valence electrons. The van der Waals surface area contributed by atoms with Crippen LogP contribution in [0.25, 0.3) is 11.1 Å². The number of aliphatic hydroxyl groups excluding tert-OH is 1. The predicted octanol–water partition coefficient (Wildman–Crippen LogP) is 3.94. The molecule has 5 heteroatoms. The molecule has 0 spiro atoms. The van der Waals surface area contributed by atoms with Crippen molar-refractivity contribution >= 4 is 5.91 Å². The Morgan fingerprint density at radius 2 is 1.96 bits per heavy atom. The lowest BCUT2D eigenvalue weighted by Gasteiger charge is -2.09. The van der Waals surface area contributed by atoms with Crippen molar-refractivity contribution < 1.29 is 9.90 Å². The number of hydrogen-bond donors (Lipinski definition) is 2. The van der Waals surface area contributed by atoms with Gasteiger partial charge in [-0.2, -0.15) is 5.10 Å². The van der Waals surface area contributed by atoms with Crippen LogP contribution in [0.2, 0.25) is 0 Å². The van der Waals surface area contributed by atoms with Gasteiger partial charge in [0.15, 0.2) is 0 Å². The normalized spacial score (nSPS) is 12.0. The lowest BCUT2D eigenvalue weighted by molar-refractivity contribution is 0.0951. The highest BCUT2D eigenvalue weighted by molar-refractivity contribution is 5.94. The Balaban J connectivity index is 1.64. The number of nitrogens with zero attached hydrogens (tertiary/aromatic N) is 2. The molecule has 2 N–H and O–H groups in total. The summed E-state index contributed by atoms with van der Waals surface area (Å²) in [5.74, 6) is -0.109. The summed E-state index contributed by atoms with van der Waals surface area (Å²) in [6.07, 6.45) is 4.27. The van der Waals surface area contributed by atoms with Gasteiger partial charge in [-0.25, -0.2) is 0 Å². The summed E-state index contributed by atoms with van der Waals surface area (Å²) < 4.78 is 1.89. The van der Waals surface area contributed by atoms with E-state index >= 15 is 0 Å². The van der Waals surface area contributed by atoms with Crippen LogP contribution in [0.1, 0.15) is 47.9 Å². The first-order chi connectivity index (χ1) is 13.1. The molecule has 5 nitrogen and oxygen atoms in total. The van der Waals surface area contributed by atoms with Gasteiger partial charge < -0.3 is 10.4 Å². The molecular weight excluding hydrogens is 338 g/mol. The van der Waals surface area contributed by atoms with Gasteiger partial charge in [0.25, 0.3) is 5.91 Å². The number of aliphatic hydroxyl groups is 1. The zero-order valence-electron chi connectivity index (χ0n) is 15.7. The van der Waals surface area contributed by atoms with Crippen LogP contribution in [0.4, 0.5) is 0 Å². The maximum Gasteiger partial charge on any atom is 0.251 e. The highest BCUT2D eigenvalue weighted by Gasteiger charge is 2.08. The molecule has 2 aromatic carbocycles. The van der Waals surface area contributed by atoms with E-state index in [-0.39, 0.29) is 5.91 Å². The fourth-order valence-electron chi connectivity index (χ4n) is 2.93. The van der Waals surface area contributed by atoms with Crippen LogP contribution in [0.15, 0.2) is 60.9 Å². The van der Waals surface area contributed by atoms with Crippen molar-refractivity contribution in [3.05, 3.63) is 77.6 Å². The molecule has 0 aliphatic heterocycles. The van der Waals surface area contributed by atoms with Crippen LogP contribution in [0.5, 0.6) is 0 Å². The largest absolute Gasteiger partial charge is 0.389 e. The minimum absolute atomic E-state index is 0.109. The van der Waals surface area contributed by atoms with E-state index in [1.165, 1.54) is 0 Å². The van der Waals surface area contributed by atoms with E-state index in [2.05, 4.69) is 17.3 Å². The Kier molecular flexibility index (Phi) is 6.04. The summed E-state index contributed by atoms with van der Waals surface area (Å²) in [4.78, 5) is 12.4. The third-order valence-corrected chi connectivity index (χ3v) is 4.44. The second-order valence-corrected chi connectivity index (χ2v) is 6.67. The lowest BCUT2D eigenvalue weighted by atomic mass is 10.00. The van der Waals surface area contributed by atoms with Gasteiger partial charge in [-0.1, -0.05) is 37.3 Å². The number of aryl methyl sites for hydroxylation is 1. The van der Waals surface area contributed by atoms with Gasteiger partial charge in [-0.05, 0) is 48.2 Å². The van der Waals surface area contributed by atoms with E-state index in [1.54, 1.807) is 13.1 Å². The van der Waals surface area contributed by atoms with Crippen LogP contribution in [0, 0.1) is 0 Å². The molecule has 1 amide bonds. The van der Waals surface area contributed by atoms with Gasteiger partial charge in [0.2, 0.25) is 0 Å². The highest BCUT2D eigenvalue weighted by Crippen LogP contribution is 2.23. The van der Waals surface area contributed by atoms with Crippen molar-refractivity contribution in [2.24, 2.45) is 0 Å². The molecule has 0 radical (unpaired) electrons. The van der Waals surface area contributed by atoms with Crippen LogP contribution in [-0.2, 0) is 13.1 Å². The van der Waals surface area contributed by atoms with Crippen LogP contribution in [-0.4, -0.2) is 20.8 Å².